The van der Waals surface area contributed by atoms with Gasteiger partial charge in [0.05, 0.1) is 11.4 Å². The van der Waals surface area contributed by atoms with E-state index in [2.05, 4.69) is 20.8 Å². The van der Waals surface area contributed by atoms with E-state index in [-0.39, 0.29) is 0 Å². The van der Waals surface area contributed by atoms with Gasteiger partial charge >= 0.3 is 0 Å². The number of nitrogens with one attached hydrogen (secondary N) is 2. The van der Waals surface area contributed by atoms with Crippen LogP contribution in [0.2, 0.25) is 5.02 Å². The summed E-state index contributed by atoms with van der Waals surface area (Å²) in [6, 6.07) is 11.2. The third kappa shape index (κ3) is 3.82. The minimum Gasteiger partial charge on any atom is -0.353 e. The van der Waals surface area contributed by atoms with Gasteiger partial charge in [-0.1, -0.05) is 22.8 Å². The Kier molecular flexibility index (Phi) is 4.67. The molecule has 0 atom stereocenters. The molecule has 0 bridgehead atoms. The van der Waals surface area contributed by atoms with Crippen molar-refractivity contribution in [2.75, 3.05) is 5.32 Å². The lowest BCUT2D eigenvalue weighted by Gasteiger charge is -2.08. The maximum atomic E-state index is 5.83. The standard InChI is InChI=1S/C14H11ClN4OS2/c15-9-3-5-10(6-4-9)17-14(21)16-8-12-18-13(19-20-12)11-2-1-7-22-11/h1-7H,8H2,(H2,16,17,21). The molecule has 0 aliphatic rings. The van der Waals surface area contributed by atoms with E-state index in [1.165, 1.54) is 0 Å². The molecule has 0 spiro atoms. The Morgan fingerprint density at radius 1 is 1.27 bits per heavy atom. The van der Waals surface area contributed by atoms with Crippen LogP contribution in [-0.2, 0) is 6.54 Å². The van der Waals surface area contributed by atoms with E-state index in [4.69, 9.17) is 28.3 Å². The summed E-state index contributed by atoms with van der Waals surface area (Å²) in [7, 11) is 0. The second kappa shape index (κ2) is 6.87. The van der Waals surface area contributed by atoms with Crippen molar-refractivity contribution < 1.29 is 4.52 Å². The van der Waals surface area contributed by atoms with Crippen molar-refractivity contribution in [3.8, 4) is 10.7 Å². The first-order valence-electron chi connectivity index (χ1n) is 6.37. The fraction of sp³-hybridized carbons (Fsp3) is 0.0714. The van der Waals surface area contributed by atoms with Gasteiger partial charge in [0.1, 0.15) is 0 Å². The summed E-state index contributed by atoms with van der Waals surface area (Å²) in [5, 5.41) is 13.1. The summed E-state index contributed by atoms with van der Waals surface area (Å²) in [6.45, 7) is 0.359. The Bertz CT molecular complexity index is 756. The van der Waals surface area contributed by atoms with Crippen LogP contribution in [0.5, 0.6) is 0 Å². The van der Waals surface area contributed by atoms with E-state index < -0.39 is 0 Å². The molecule has 5 nitrogen and oxygen atoms in total. The van der Waals surface area contributed by atoms with Gasteiger partial charge in [0.2, 0.25) is 11.7 Å². The lowest BCUT2D eigenvalue weighted by molar-refractivity contribution is 0.376. The summed E-state index contributed by atoms with van der Waals surface area (Å²) < 4.78 is 5.18. The number of benzene rings is 1. The summed E-state index contributed by atoms with van der Waals surface area (Å²) in [5.41, 5.74) is 0.853. The number of rotatable bonds is 4. The van der Waals surface area contributed by atoms with Crippen LogP contribution in [0.3, 0.4) is 0 Å². The van der Waals surface area contributed by atoms with Crippen molar-refractivity contribution in [2.24, 2.45) is 0 Å². The number of aromatic nitrogens is 2. The van der Waals surface area contributed by atoms with Crippen LogP contribution >= 0.6 is 35.2 Å². The Morgan fingerprint density at radius 2 is 2.09 bits per heavy atom. The first-order chi connectivity index (χ1) is 10.7. The predicted octanol–water partition coefficient (Wildman–Crippen LogP) is 3.94. The predicted molar refractivity (Wildman–Crippen MR) is 92.1 cm³/mol. The minimum absolute atomic E-state index is 0.359. The van der Waals surface area contributed by atoms with Crippen molar-refractivity contribution in [1.29, 1.82) is 0 Å². The number of thiocarbonyl (C=S) groups is 1. The first kappa shape index (κ1) is 15.0. The Labute approximate surface area is 141 Å². The normalized spacial score (nSPS) is 10.4. The summed E-state index contributed by atoms with van der Waals surface area (Å²) in [6.07, 6.45) is 0. The Balaban J connectivity index is 1.54. The van der Waals surface area contributed by atoms with Crippen molar-refractivity contribution in [1.82, 2.24) is 15.5 Å². The van der Waals surface area contributed by atoms with Gasteiger partial charge < -0.3 is 15.2 Å². The average molecular weight is 351 g/mol. The number of halogens is 1. The summed E-state index contributed by atoms with van der Waals surface area (Å²) in [4.78, 5) is 5.28. The molecule has 2 heterocycles. The molecule has 112 valence electrons. The largest absolute Gasteiger partial charge is 0.353 e. The SMILES string of the molecule is S=C(NCc1nc(-c2cccs2)no1)Nc1ccc(Cl)cc1. The molecule has 1 aromatic carbocycles. The fourth-order valence-corrected chi connectivity index (χ4v) is 2.66. The molecular weight excluding hydrogens is 340 g/mol. The first-order valence-corrected chi connectivity index (χ1v) is 8.04. The molecule has 0 amide bonds. The third-order valence-corrected chi connectivity index (χ3v) is 4.08. The summed E-state index contributed by atoms with van der Waals surface area (Å²) in [5.74, 6) is 1.06. The van der Waals surface area contributed by atoms with E-state index in [0.29, 0.717) is 28.4 Å². The maximum absolute atomic E-state index is 5.83. The molecule has 0 fully saturated rings. The van der Waals surface area contributed by atoms with Gasteiger partial charge in [-0.3, -0.25) is 0 Å². The number of nitrogens with zero attached hydrogens (tertiary/aromatic N) is 2. The molecule has 2 aromatic heterocycles. The topological polar surface area (TPSA) is 63.0 Å². The molecule has 0 radical (unpaired) electrons. The van der Waals surface area contributed by atoms with Crippen molar-refractivity contribution in [3.05, 3.63) is 52.7 Å². The van der Waals surface area contributed by atoms with Crippen molar-refractivity contribution >= 4 is 46.0 Å². The number of anilines is 1. The summed E-state index contributed by atoms with van der Waals surface area (Å²) >= 11 is 12.6. The Hall–Kier alpha value is -1.96. The van der Waals surface area contributed by atoms with E-state index in [9.17, 15) is 0 Å². The molecule has 0 unspecified atom stereocenters. The second-order valence-electron chi connectivity index (χ2n) is 4.30. The molecule has 3 rings (SSSR count). The van der Waals surface area contributed by atoms with Gasteiger partial charge in [-0.15, -0.1) is 11.3 Å². The van der Waals surface area contributed by atoms with Gasteiger partial charge in [0.15, 0.2) is 5.11 Å². The monoisotopic (exact) mass is 350 g/mol. The fourth-order valence-electron chi connectivity index (χ4n) is 1.70. The van der Waals surface area contributed by atoms with Crippen LogP contribution < -0.4 is 10.6 Å². The van der Waals surface area contributed by atoms with E-state index in [1.807, 2.05) is 29.6 Å². The number of hydrogen-bond donors (Lipinski definition) is 2. The molecule has 8 heteroatoms. The molecule has 0 aliphatic carbocycles. The minimum atomic E-state index is 0.359. The van der Waals surface area contributed by atoms with E-state index in [1.54, 1.807) is 23.5 Å². The molecule has 0 aliphatic heterocycles. The van der Waals surface area contributed by atoms with Gasteiger partial charge in [0.25, 0.3) is 0 Å². The number of thiophene rings is 1. The van der Waals surface area contributed by atoms with Crippen LogP contribution in [0, 0.1) is 0 Å². The zero-order valence-corrected chi connectivity index (χ0v) is 13.6. The molecule has 22 heavy (non-hydrogen) atoms. The number of hydrogen-bond acceptors (Lipinski definition) is 5. The zero-order valence-electron chi connectivity index (χ0n) is 11.2. The van der Waals surface area contributed by atoms with E-state index in [0.717, 1.165) is 10.6 Å². The highest BCUT2D eigenvalue weighted by molar-refractivity contribution is 7.80. The molecule has 2 N–H and O–H groups in total. The van der Waals surface area contributed by atoms with Gasteiger partial charge in [-0.25, -0.2) is 0 Å². The Morgan fingerprint density at radius 3 is 2.82 bits per heavy atom. The molecular formula is C14H11ClN4OS2. The third-order valence-electron chi connectivity index (χ3n) is 2.71. The second-order valence-corrected chi connectivity index (χ2v) is 6.10. The lowest BCUT2D eigenvalue weighted by Crippen LogP contribution is -2.27. The van der Waals surface area contributed by atoms with Crippen molar-refractivity contribution in [3.63, 3.8) is 0 Å². The highest BCUT2D eigenvalue weighted by atomic mass is 35.5. The van der Waals surface area contributed by atoms with Crippen LogP contribution in [0.1, 0.15) is 5.89 Å². The molecule has 0 saturated heterocycles. The van der Waals surface area contributed by atoms with Crippen LogP contribution in [0.4, 0.5) is 5.69 Å². The quantitative estimate of drug-likeness (QED) is 0.695. The molecule has 3 aromatic rings. The van der Waals surface area contributed by atoms with Crippen molar-refractivity contribution in [2.45, 2.75) is 6.54 Å². The lowest BCUT2D eigenvalue weighted by atomic mass is 10.3. The van der Waals surface area contributed by atoms with Crippen LogP contribution in [0.25, 0.3) is 10.7 Å². The van der Waals surface area contributed by atoms with Gasteiger partial charge in [-0.2, -0.15) is 4.98 Å². The van der Waals surface area contributed by atoms with Gasteiger partial charge in [-0.05, 0) is 47.9 Å². The highest BCUT2D eigenvalue weighted by Gasteiger charge is 2.09. The smallest absolute Gasteiger partial charge is 0.246 e. The molecule has 0 saturated carbocycles. The maximum Gasteiger partial charge on any atom is 0.246 e. The van der Waals surface area contributed by atoms with Crippen LogP contribution in [-0.4, -0.2) is 15.3 Å². The van der Waals surface area contributed by atoms with Gasteiger partial charge in [0, 0.05) is 10.7 Å². The highest BCUT2D eigenvalue weighted by Crippen LogP contribution is 2.21. The van der Waals surface area contributed by atoms with Crippen LogP contribution in [0.15, 0.2) is 46.3 Å². The zero-order chi connectivity index (χ0) is 15.4. The average Bonchev–Trinajstić information content (AvgIpc) is 3.18. The van der Waals surface area contributed by atoms with E-state index >= 15 is 0 Å².